The standard InChI is InChI=1S/C14H15Cl2NO3/c15-11-4-3-10(7-12(11)16)13(5-6-14(18)19)17-20-8-9-1-2-9/h3-4,7,9H,1-2,5-6,8H2,(H,18,19)/b17-13-. The molecule has 1 aromatic rings. The summed E-state index contributed by atoms with van der Waals surface area (Å²) >= 11 is 11.8. The van der Waals surface area contributed by atoms with Crippen molar-refractivity contribution in [1.82, 2.24) is 0 Å². The highest BCUT2D eigenvalue weighted by atomic mass is 35.5. The van der Waals surface area contributed by atoms with Crippen LogP contribution in [0.15, 0.2) is 23.4 Å². The number of rotatable bonds is 7. The molecule has 0 saturated heterocycles. The first-order valence-corrected chi connectivity index (χ1v) is 7.18. The van der Waals surface area contributed by atoms with Crippen molar-refractivity contribution in [2.24, 2.45) is 11.1 Å². The summed E-state index contributed by atoms with van der Waals surface area (Å²) in [5.74, 6) is -0.284. The number of aliphatic carboxylic acids is 1. The van der Waals surface area contributed by atoms with E-state index >= 15 is 0 Å². The predicted octanol–water partition coefficient (Wildman–Crippen LogP) is 3.99. The minimum absolute atomic E-state index is 0.00807. The van der Waals surface area contributed by atoms with Gasteiger partial charge in [0.05, 0.1) is 22.2 Å². The smallest absolute Gasteiger partial charge is 0.303 e. The van der Waals surface area contributed by atoms with E-state index in [0.717, 1.165) is 5.56 Å². The number of hydrogen-bond acceptors (Lipinski definition) is 3. The highest BCUT2D eigenvalue weighted by Crippen LogP contribution is 2.29. The molecule has 0 heterocycles. The van der Waals surface area contributed by atoms with E-state index in [9.17, 15) is 4.79 Å². The first-order valence-electron chi connectivity index (χ1n) is 6.42. The first-order chi connectivity index (χ1) is 9.56. The number of benzene rings is 1. The third kappa shape index (κ3) is 4.69. The van der Waals surface area contributed by atoms with E-state index in [1.54, 1.807) is 18.2 Å². The second-order valence-corrected chi connectivity index (χ2v) is 5.61. The Hall–Kier alpha value is -1.26. The molecule has 0 radical (unpaired) electrons. The van der Waals surface area contributed by atoms with Crippen molar-refractivity contribution in [3.8, 4) is 0 Å². The lowest BCUT2D eigenvalue weighted by Crippen LogP contribution is -2.07. The topological polar surface area (TPSA) is 58.9 Å². The number of nitrogens with zero attached hydrogens (tertiary/aromatic N) is 1. The second kappa shape index (κ2) is 6.95. The van der Waals surface area contributed by atoms with Gasteiger partial charge in [0, 0.05) is 12.0 Å². The largest absolute Gasteiger partial charge is 0.481 e. The molecule has 1 aliphatic rings. The molecule has 2 rings (SSSR count). The van der Waals surface area contributed by atoms with E-state index in [-0.39, 0.29) is 12.8 Å². The van der Waals surface area contributed by atoms with Crippen LogP contribution < -0.4 is 0 Å². The van der Waals surface area contributed by atoms with Gasteiger partial charge in [0.25, 0.3) is 0 Å². The zero-order valence-corrected chi connectivity index (χ0v) is 12.3. The third-order valence-electron chi connectivity index (χ3n) is 3.01. The molecule has 108 valence electrons. The fourth-order valence-corrected chi connectivity index (χ4v) is 1.95. The molecule has 1 aliphatic carbocycles. The maximum Gasteiger partial charge on any atom is 0.303 e. The van der Waals surface area contributed by atoms with Crippen LogP contribution in [0.5, 0.6) is 0 Å². The van der Waals surface area contributed by atoms with Crippen LogP contribution in [0.4, 0.5) is 0 Å². The van der Waals surface area contributed by atoms with Crippen LogP contribution in [0.25, 0.3) is 0 Å². The van der Waals surface area contributed by atoms with Gasteiger partial charge >= 0.3 is 5.97 Å². The number of carboxylic acid groups (broad SMARTS) is 1. The van der Waals surface area contributed by atoms with Crippen LogP contribution in [0.3, 0.4) is 0 Å². The number of hydrogen-bond donors (Lipinski definition) is 1. The average molecular weight is 316 g/mol. The second-order valence-electron chi connectivity index (χ2n) is 4.80. The molecule has 6 heteroatoms. The summed E-state index contributed by atoms with van der Waals surface area (Å²) in [6, 6.07) is 5.09. The number of halogens is 2. The highest BCUT2D eigenvalue weighted by Gasteiger charge is 2.22. The summed E-state index contributed by atoms with van der Waals surface area (Å²) < 4.78 is 0. The fourth-order valence-electron chi connectivity index (χ4n) is 1.65. The first kappa shape index (κ1) is 15.1. The van der Waals surface area contributed by atoms with Gasteiger partial charge < -0.3 is 9.94 Å². The Bertz CT molecular complexity index is 527. The minimum atomic E-state index is -0.875. The van der Waals surface area contributed by atoms with Gasteiger partial charge in [-0.3, -0.25) is 4.79 Å². The van der Waals surface area contributed by atoms with Gasteiger partial charge in [-0.2, -0.15) is 0 Å². The van der Waals surface area contributed by atoms with Gasteiger partial charge in [-0.05, 0) is 30.9 Å². The van der Waals surface area contributed by atoms with Crippen molar-refractivity contribution < 1.29 is 14.7 Å². The van der Waals surface area contributed by atoms with Gasteiger partial charge in [-0.25, -0.2) is 0 Å². The van der Waals surface area contributed by atoms with Crippen LogP contribution in [0.2, 0.25) is 10.0 Å². The lowest BCUT2D eigenvalue weighted by Gasteiger charge is -2.07. The van der Waals surface area contributed by atoms with Crippen LogP contribution in [-0.2, 0) is 9.63 Å². The van der Waals surface area contributed by atoms with Crippen LogP contribution in [-0.4, -0.2) is 23.4 Å². The summed E-state index contributed by atoms with van der Waals surface area (Å²) in [6.07, 6.45) is 2.63. The molecule has 1 fully saturated rings. The summed E-state index contributed by atoms with van der Waals surface area (Å²) in [7, 11) is 0. The summed E-state index contributed by atoms with van der Waals surface area (Å²) in [5, 5.41) is 13.7. The monoisotopic (exact) mass is 315 g/mol. The normalized spacial score (nSPS) is 15.2. The Kier molecular flexibility index (Phi) is 5.26. The van der Waals surface area contributed by atoms with E-state index in [1.807, 2.05) is 0 Å². The summed E-state index contributed by atoms with van der Waals surface area (Å²) in [4.78, 5) is 16.0. The molecule has 0 aliphatic heterocycles. The number of carbonyl (C=O) groups is 1. The average Bonchev–Trinajstić information content (AvgIpc) is 3.21. The Morgan fingerprint density at radius 3 is 2.65 bits per heavy atom. The van der Waals surface area contributed by atoms with Crippen LogP contribution in [0.1, 0.15) is 31.2 Å². The van der Waals surface area contributed by atoms with Crippen molar-refractivity contribution in [1.29, 1.82) is 0 Å². The molecule has 0 atom stereocenters. The van der Waals surface area contributed by atoms with Gasteiger partial charge in [-0.1, -0.05) is 34.4 Å². The van der Waals surface area contributed by atoms with E-state index in [4.69, 9.17) is 33.1 Å². The molecule has 20 heavy (non-hydrogen) atoms. The Morgan fingerprint density at radius 2 is 2.05 bits per heavy atom. The summed E-state index contributed by atoms with van der Waals surface area (Å²) in [6.45, 7) is 0.581. The molecule has 1 N–H and O–H groups in total. The van der Waals surface area contributed by atoms with Crippen LogP contribution >= 0.6 is 23.2 Å². The molecule has 0 aromatic heterocycles. The Balaban J connectivity index is 2.09. The molecule has 0 spiro atoms. The lowest BCUT2D eigenvalue weighted by atomic mass is 10.1. The van der Waals surface area contributed by atoms with Gasteiger partial charge in [0.1, 0.15) is 6.61 Å². The third-order valence-corrected chi connectivity index (χ3v) is 3.75. The molecule has 0 unspecified atom stereocenters. The van der Waals surface area contributed by atoms with Gasteiger partial charge in [0.2, 0.25) is 0 Å². The van der Waals surface area contributed by atoms with Gasteiger partial charge in [-0.15, -0.1) is 0 Å². The molecule has 1 aromatic carbocycles. The quantitative estimate of drug-likeness (QED) is 0.611. The molecular weight excluding hydrogens is 301 g/mol. The fraction of sp³-hybridized carbons (Fsp3) is 0.429. The van der Waals surface area contributed by atoms with Crippen molar-refractivity contribution in [3.63, 3.8) is 0 Å². The highest BCUT2D eigenvalue weighted by molar-refractivity contribution is 6.42. The minimum Gasteiger partial charge on any atom is -0.481 e. The SMILES string of the molecule is O=C(O)CC/C(=N/OCC1CC1)c1ccc(Cl)c(Cl)c1. The van der Waals surface area contributed by atoms with E-state index in [0.29, 0.717) is 28.3 Å². The zero-order valence-electron chi connectivity index (χ0n) is 10.8. The summed E-state index contributed by atoms with van der Waals surface area (Å²) in [5.41, 5.74) is 1.31. The van der Waals surface area contributed by atoms with Crippen molar-refractivity contribution >= 4 is 34.9 Å². The number of carboxylic acids is 1. The zero-order chi connectivity index (χ0) is 14.5. The molecule has 0 bridgehead atoms. The van der Waals surface area contributed by atoms with Crippen molar-refractivity contribution in [2.45, 2.75) is 25.7 Å². The molecule has 0 amide bonds. The number of oxime groups is 1. The Morgan fingerprint density at radius 1 is 1.30 bits per heavy atom. The lowest BCUT2D eigenvalue weighted by molar-refractivity contribution is -0.136. The van der Waals surface area contributed by atoms with E-state index in [1.165, 1.54) is 12.8 Å². The van der Waals surface area contributed by atoms with Crippen LogP contribution in [0, 0.1) is 5.92 Å². The predicted molar refractivity (Wildman–Crippen MR) is 78.5 cm³/mol. The Labute approximate surface area is 127 Å². The molecule has 4 nitrogen and oxygen atoms in total. The van der Waals surface area contributed by atoms with Gasteiger partial charge in [0.15, 0.2) is 0 Å². The molecular formula is C14H15Cl2NO3. The maximum atomic E-state index is 10.7. The van der Waals surface area contributed by atoms with Crippen molar-refractivity contribution in [2.75, 3.05) is 6.61 Å². The maximum absolute atomic E-state index is 10.7. The molecule has 1 saturated carbocycles. The van der Waals surface area contributed by atoms with E-state index < -0.39 is 5.97 Å². The van der Waals surface area contributed by atoms with E-state index in [2.05, 4.69) is 5.16 Å². The van der Waals surface area contributed by atoms with Crippen molar-refractivity contribution in [3.05, 3.63) is 33.8 Å².